The van der Waals surface area contributed by atoms with Crippen LogP contribution in [0.25, 0.3) is 0 Å². The molecule has 0 N–H and O–H groups in total. The van der Waals surface area contributed by atoms with E-state index < -0.39 is 0 Å². The molecule has 1 aliphatic rings. The predicted octanol–water partition coefficient (Wildman–Crippen LogP) is 4.52. The number of rotatable bonds is 2. The molecule has 0 radical (unpaired) electrons. The van der Waals surface area contributed by atoms with Gasteiger partial charge in [0.05, 0.1) is 6.61 Å². The van der Waals surface area contributed by atoms with E-state index in [1.807, 2.05) is 37.3 Å². The number of hydrogen-bond acceptors (Lipinski definition) is 2. The van der Waals surface area contributed by atoms with Gasteiger partial charge < -0.3 is 9.47 Å². The first-order chi connectivity index (χ1) is 9.14. The molecule has 98 valence electrons. The highest BCUT2D eigenvalue weighted by Crippen LogP contribution is 2.51. The van der Waals surface area contributed by atoms with Gasteiger partial charge in [-0.1, -0.05) is 38.1 Å². The summed E-state index contributed by atoms with van der Waals surface area (Å²) in [6.45, 7) is 7.10. The second-order valence-corrected chi connectivity index (χ2v) is 5.29. The maximum absolute atomic E-state index is 6.02. The molecule has 2 nitrogen and oxygen atoms in total. The van der Waals surface area contributed by atoms with Gasteiger partial charge in [-0.3, -0.25) is 0 Å². The summed E-state index contributed by atoms with van der Waals surface area (Å²) in [5, 5.41) is 0. The second kappa shape index (κ2) is 4.30. The first kappa shape index (κ1) is 12.1. The zero-order valence-corrected chi connectivity index (χ0v) is 11.6. The van der Waals surface area contributed by atoms with Crippen molar-refractivity contribution in [3.05, 3.63) is 53.6 Å². The molecule has 1 heterocycles. The van der Waals surface area contributed by atoms with Crippen LogP contribution >= 0.6 is 0 Å². The van der Waals surface area contributed by atoms with Gasteiger partial charge in [0.15, 0.2) is 0 Å². The number of ether oxygens (including phenoxy) is 2. The van der Waals surface area contributed by atoms with Crippen molar-refractivity contribution >= 4 is 0 Å². The summed E-state index contributed by atoms with van der Waals surface area (Å²) >= 11 is 0. The van der Waals surface area contributed by atoms with Crippen molar-refractivity contribution in [2.45, 2.75) is 26.2 Å². The lowest BCUT2D eigenvalue weighted by Gasteiger charge is -2.35. The normalized spacial score (nSPS) is 15.1. The molecule has 0 spiro atoms. The molecule has 2 heteroatoms. The molecule has 2 aromatic rings. The van der Waals surface area contributed by atoms with E-state index in [4.69, 9.17) is 9.47 Å². The number of hydrogen-bond donors (Lipinski definition) is 0. The predicted molar refractivity (Wildman–Crippen MR) is 76.3 cm³/mol. The van der Waals surface area contributed by atoms with E-state index in [-0.39, 0.29) is 5.41 Å². The van der Waals surface area contributed by atoms with Gasteiger partial charge >= 0.3 is 0 Å². The van der Waals surface area contributed by atoms with Gasteiger partial charge in [0, 0.05) is 16.5 Å². The third-order valence-electron chi connectivity index (χ3n) is 3.69. The van der Waals surface area contributed by atoms with Crippen molar-refractivity contribution < 1.29 is 9.47 Å². The van der Waals surface area contributed by atoms with Gasteiger partial charge in [-0.25, -0.2) is 0 Å². The third kappa shape index (κ3) is 1.79. The van der Waals surface area contributed by atoms with Crippen molar-refractivity contribution in [2.75, 3.05) is 6.61 Å². The molecule has 0 fully saturated rings. The first-order valence-electron chi connectivity index (χ1n) is 6.68. The van der Waals surface area contributed by atoms with Crippen molar-refractivity contribution in [1.29, 1.82) is 0 Å². The maximum Gasteiger partial charge on any atom is 0.135 e. The Hall–Kier alpha value is -1.96. The van der Waals surface area contributed by atoms with E-state index in [0.717, 1.165) is 22.8 Å². The molecule has 2 aromatic carbocycles. The molecule has 0 bridgehead atoms. The standard InChI is InChI=1S/C17H18O2/c1-4-18-14-10-7-11-15-16(14)17(2,3)12-8-5-6-9-13(12)19-15/h5-11H,4H2,1-3H3. The lowest BCUT2D eigenvalue weighted by atomic mass is 9.75. The average Bonchev–Trinajstić information content (AvgIpc) is 2.39. The molecule has 0 aliphatic carbocycles. The molecule has 1 aliphatic heterocycles. The van der Waals surface area contributed by atoms with E-state index in [1.165, 1.54) is 5.56 Å². The van der Waals surface area contributed by atoms with E-state index in [9.17, 15) is 0 Å². The van der Waals surface area contributed by atoms with Crippen LogP contribution in [0.2, 0.25) is 0 Å². The molecule has 0 saturated carbocycles. The van der Waals surface area contributed by atoms with Gasteiger partial charge in [-0.05, 0) is 25.1 Å². The second-order valence-electron chi connectivity index (χ2n) is 5.29. The minimum atomic E-state index is -0.115. The Labute approximate surface area is 114 Å². The molecule has 0 saturated heterocycles. The smallest absolute Gasteiger partial charge is 0.135 e. The fourth-order valence-corrected chi connectivity index (χ4v) is 2.81. The van der Waals surface area contributed by atoms with E-state index in [2.05, 4.69) is 26.0 Å². The van der Waals surface area contributed by atoms with Crippen molar-refractivity contribution in [3.63, 3.8) is 0 Å². The van der Waals surface area contributed by atoms with Gasteiger partial charge in [0.2, 0.25) is 0 Å². The van der Waals surface area contributed by atoms with Crippen molar-refractivity contribution in [3.8, 4) is 17.2 Å². The van der Waals surface area contributed by atoms with E-state index >= 15 is 0 Å². The fraction of sp³-hybridized carbons (Fsp3) is 0.294. The Bertz CT molecular complexity index is 614. The first-order valence-corrected chi connectivity index (χ1v) is 6.68. The lowest BCUT2D eigenvalue weighted by Crippen LogP contribution is -2.25. The molecule has 0 aromatic heterocycles. The zero-order valence-electron chi connectivity index (χ0n) is 11.6. The highest BCUT2D eigenvalue weighted by Gasteiger charge is 2.36. The fourth-order valence-electron chi connectivity index (χ4n) is 2.81. The van der Waals surface area contributed by atoms with Crippen LogP contribution in [0.15, 0.2) is 42.5 Å². The summed E-state index contributed by atoms with van der Waals surface area (Å²) in [6, 6.07) is 14.2. The monoisotopic (exact) mass is 254 g/mol. The maximum atomic E-state index is 6.02. The van der Waals surface area contributed by atoms with E-state index in [0.29, 0.717) is 6.61 Å². The SMILES string of the molecule is CCOc1cccc2c1C(C)(C)c1ccccc1O2. The highest BCUT2D eigenvalue weighted by atomic mass is 16.5. The quantitative estimate of drug-likeness (QED) is 0.784. The van der Waals surface area contributed by atoms with Crippen LogP contribution < -0.4 is 9.47 Å². The Balaban J connectivity index is 2.23. The van der Waals surface area contributed by atoms with Crippen LogP contribution in [0.3, 0.4) is 0 Å². The van der Waals surface area contributed by atoms with Gasteiger partial charge in [-0.2, -0.15) is 0 Å². The summed E-state index contributed by atoms with van der Waals surface area (Å²) < 4.78 is 11.8. The molecule has 19 heavy (non-hydrogen) atoms. The molecule has 0 atom stereocenters. The molecule has 0 unspecified atom stereocenters. The Morgan fingerprint density at radius 2 is 1.74 bits per heavy atom. The highest BCUT2D eigenvalue weighted by molar-refractivity contribution is 5.61. The summed E-state index contributed by atoms with van der Waals surface area (Å²) in [5.41, 5.74) is 2.22. The van der Waals surface area contributed by atoms with E-state index in [1.54, 1.807) is 0 Å². The van der Waals surface area contributed by atoms with Gasteiger partial charge in [0.1, 0.15) is 17.2 Å². The van der Waals surface area contributed by atoms with Crippen LogP contribution in [-0.4, -0.2) is 6.61 Å². The van der Waals surface area contributed by atoms with Crippen LogP contribution in [0.1, 0.15) is 31.9 Å². The summed E-state index contributed by atoms with van der Waals surface area (Å²) in [7, 11) is 0. The number of para-hydroxylation sites is 1. The summed E-state index contributed by atoms with van der Waals surface area (Å²) in [4.78, 5) is 0. The molecular formula is C17H18O2. The number of fused-ring (bicyclic) bond motifs is 2. The lowest BCUT2D eigenvalue weighted by molar-refractivity contribution is 0.321. The molecule has 0 amide bonds. The summed E-state index contributed by atoms with van der Waals surface area (Å²) in [6.07, 6.45) is 0. The van der Waals surface area contributed by atoms with Crippen molar-refractivity contribution in [1.82, 2.24) is 0 Å². The number of benzene rings is 2. The van der Waals surface area contributed by atoms with Crippen molar-refractivity contribution in [2.24, 2.45) is 0 Å². The average molecular weight is 254 g/mol. The largest absolute Gasteiger partial charge is 0.493 e. The third-order valence-corrected chi connectivity index (χ3v) is 3.69. The minimum Gasteiger partial charge on any atom is -0.493 e. The van der Waals surface area contributed by atoms with Crippen LogP contribution in [0.5, 0.6) is 17.2 Å². The molecular weight excluding hydrogens is 236 g/mol. The van der Waals surface area contributed by atoms with Gasteiger partial charge in [0.25, 0.3) is 0 Å². The van der Waals surface area contributed by atoms with Crippen LogP contribution in [0, 0.1) is 0 Å². The Kier molecular flexibility index (Phi) is 2.74. The van der Waals surface area contributed by atoms with Gasteiger partial charge in [-0.15, -0.1) is 0 Å². The minimum absolute atomic E-state index is 0.115. The van der Waals surface area contributed by atoms with Crippen LogP contribution in [0.4, 0.5) is 0 Å². The zero-order chi connectivity index (χ0) is 13.5. The summed E-state index contributed by atoms with van der Waals surface area (Å²) in [5.74, 6) is 2.75. The Morgan fingerprint density at radius 3 is 2.53 bits per heavy atom. The molecule has 3 rings (SSSR count). The van der Waals surface area contributed by atoms with Crippen LogP contribution in [-0.2, 0) is 5.41 Å². The topological polar surface area (TPSA) is 18.5 Å². The Morgan fingerprint density at radius 1 is 1.00 bits per heavy atom.